The van der Waals surface area contributed by atoms with Gasteiger partial charge in [0.1, 0.15) is 16.8 Å². The summed E-state index contributed by atoms with van der Waals surface area (Å²) in [5.41, 5.74) is -1.06. The Morgan fingerprint density at radius 3 is 2.69 bits per heavy atom. The van der Waals surface area contributed by atoms with Gasteiger partial charge in [-0.3, -0.25) is 14.5 Å². The van der Waals surface area contributed by atoms with Gasteiger partial charge < -0.3 is 19.9 Å². The van der Waals surface area contributed by atoms with E-state index in [9.17, 15) is 19.5 Å². The number of aliphatic carboxylic acids is 1. The number of rotatable bonds is 6. The number of hydrogen-bond acceptors (Lipinski definition) is 6. The summed E-state index contributed by atoms with van der Waals surface area (Å²) in [6.45, 7) is 1.37. The number of para-hydroxylation sites is 1. The molecule has 0 aromatic heterocycles. The van der Waals surface area contributed by atoms with Crippen molar-refractivity contribution in [2.75, 3.05) is 19.5 Å². The number of nitrogens with one attached hydrogen (secondary N) is 1. The maximum absolute atomic E-state index is 12.7. The molecule has 2 aliphatic rings. The van der Waals surface area contributed by atoms with E-state index >= 15 is 0 Å². The molecule has 1 aromatic rings. The molecule has 0 spiro atoms. The summed E-state index contributed by atoms with van der Waals surface area (Å²) in [6.07, 6.45) is 0. The van der Waals surface area contributed by atoms with E-state index < -0.39 is 28.9 Å². The van der Waals surface area contributed by atoms with Crippen molar-refractivity contribution in [2.45, 2.75) is 18.0 Å². The number of carbonyl (C=O) groups is 3. The number of carbonyl (C=O) groups excluding carboxylic acids is 2. The number of methoxy groups -OCH3 is 1. The topological polar surface area (TPSA) is 105 Å². The molecular formula is C17H18N2O6S. The predicted octanol–water partition coefficient (Wildman–Crippen LogP) is 0.798. The standard InChI is InChI=1S/C17H18N2O6S/c1-10-9-26-16-17(24-2,15(23)19(16)13(10)14(21)22)18-12(20)8-25-11-6-4-3-5-7-11/h3-7,16H,8-9H2,1-2H3,(H,18,20)(H,21,22)/t16-,17?/m0/s1. The van der Waals surface area contributed by atoms with Crippen molar-refractivity contribution in [3.8, 4) is 5.75 Å². The van der Waals surface area contributed by atoms with E-state index in [1.165, 1.54) is 18.9 Å². The summed E-state index contributed by atoms with van der Waals surface area (Å²) < 4.78 is 10.7. The largest absolute Gasteiger partial charge is 0.484 e. The molecule has 0 saturated carbocycles. The minimum atomic E-state index is -1.59. The first kappa shape index (κ1) is 18.3. The molecule has 2 atom stereocenters. The van der Waals surface area contributed by atoms with Crippen LogP contribution in [0.15, 0.2) is 41.6 Å². The highest BCUT2D eigenvalue weighted by Gasteiger charge is 2.66. The molecule has 26 heavy (non-hydrogen) atoms. The fraction of sp³-hybridized carbons (Fsp3) is 0.353. The molecular weight excluding hydrogens is 360 g/mol. The lowest BCUT2D eigenvalue weighted by Gasteiger charge is -2.55. The van der Waals surface area contributed by atoms with Crippen LogP contribution in [0.4, 0.5) is 0 Å². The summed E-state index contributed by atoms with van der Waals surface area (Å²) in [6, 6.07) is 8.79. The van der Waals surface area contributed by atoms with Crippen LogP contribution in [0.3, 0.4) is 0 Å². The van der Waals surface area contributed by atoms with Gasteiger partial charge in [0, 0.05) is 12.9 Å². The van der Waals surface area contributed by atoms with Crippen molar-refractivity contribution in [3.63, 3.8) is 0 Å². The molecule has 3 rings (SSSR count). The van der Waals surface area contributed by atoms with Crippen molar-refractivity contribution in [1.29, 1.82) is 0 Å². The van der Waals surface area contributed by atoms with Crippen LogP contribution in [0.2, 0.25) is 0 Å². The van der Waals surface area contributed by atoms with Crippen LogP contribution in [0.25, 0.3) is 0 Å². The van der Waals surface area contributed by atoms with Gasteiger partial charge in [0.05, 0.1) is 0 Å². The molecule has 2 N–H and O–H groups in total. The zero-order valence-corrected chi connectivity index (χ0v) is 15.0. The lowest BCUT2D eigenvalue weighted by Crippen LogP contribution is -2.80. The summed E-state index contributed by atoms with van der Waals surface area (Å²) in [4.78, 5) is 37.5. The van der Waals surface area contributed by atoms with Gasteiger partial charge in [-0.25, -0.2) is 4.79 Å². The molecule has 0 bridgehead atoms. The Bertz CT molecular complexity index is 781. The van der Waals surface area contributed by atoms with E-state index in [1.807, 2.05) is 6.07 Å². The maximum Gasteiger partial charge on any atom is 0.352 e. The second-order valence-electron chi connectivity index (χ2n) is 5.86. The van der Waals surface area contributed by atoms with Crippen molar-refractivity contribution in [1.82, 2.24) is 10.2 Å². The number of amides is 2. The van der Waals surface area contributed by atoms with E-state index in [0.717, 1.165) is 4.90 Å². The molecule has 1 unspecified atom stereocenters. The molecule has 1 saturated heterocycles. The highest BCUT2D eigenvalue weighted by Crippen LogP contribution is 2.46. The second-order valence-corrected chi connectivity index (χ2v) is 6.93. The molecule has 8 nitrogen and oxygen atoms in total. The second kappa shape index (κ2) is 7.00. The molecule has 1 fully saturated rings. The van der Waals surface area contributed by atoms with E-state index in [1.54, 1.807) is 31.2 Å². The number of benzene rings is 1. The van der Waals surface area contributed by atoms with Crippen LogP contribution in [-0.2, 0) is 19.1 Å². The number of β-lactam (4-membered cyclic amide) rings is 1. The monoisotopic (exact) mass is 378 g/mol. The summed E-state index contributed by atoms with van der Waals surface area (Å²) in [5.74, 6) is -1.37. The third-order valence-corrected chi connectivity index (χ3v) is 5.64. The van der Waals surface area contributed by atoms with Crippen LogP contribution in [0.1, 0.15) is 6.92 Å². The van der Waals surface area contributed by atoms with Gasteiger partial charge in [-0.2, -0.15) is 0 Å². The van der Waals surface area contributed by atoms with Crippen LogP contribution < -0.4 is 10.1 Å². The fourth-order valence-corrected chi connectivity index (χ4v) is 4.33. The van der Waals surface area contributed by atoms with Gasteiger partial charge in [-0.05, 0) is 24.6 Å². The number of carboxylic acid groups (broad SMARTS) is 1. The third kappa shape index (κ3) is 2.93. The Morgan fingerprint density at radius 2 is 2.08 bits per heavy atom. The Labute approximate surface area is 154 Å². The molecule has 2 heterocycles. The predicted molar refractivity (Wildman–Crippen MR) is 93.2 cm³/mol. The van der Waals surface area contributed by atoms with Crippen LogP contribution >= 0.6 is 11.8 Å². The lowest BCUT2D eigenvalue weighted by molar-refractivity contribution is -0.192. The highest BCUT2D eigenvalue weighted by atomic mass is 32.2. The summed E-state index contributed by atoms with van der Waals surface area (Å²) >= 11 is 1.34. The van der Waals surface area contributed by atoms with Crippen LogP contribution in [0, 0.1) is 0 Å². The lowest BCUT2D eigenvalue weighted by atomic mass is 9.98. The molecule has 9 heteroatoms. The Morgan fingerprint density at radius 1 is 1.38 bits per heavy atom. The SMILES string of the molecule is COC1(NC(=O)COc2ccccc2)C(=O)N2C(C(=O)O)=C(C)CS[C@H]21. The van der Waals surface area contributed by atoms with E-state index in [-0.39, 0.29) is 12.3 Å². The zero-order chi connectivity index (χ0) is 18.9. The van der Waals surface area contributed by atoms with Gasteiger partial charge in [-0.1, -0.05) is 18.2 Å². The Balaban J connectivity index is 1.71. The normalized spacial score (nSPS) is 24.6. The van der Waals surface area contributed by atoms with Crippen molar-refractivity contribution in [3.05, 3.63) is 41.6 Å². The summed E-state index contributed by atoms with van der Waals surface area (Å²) in [7, 11) is 1.31. The van der Waals surface area contributed by atoms with Gasteiger partial charge in [0.15, 0.2) is 6.61 Å². The van der Waals surface area contributed by atoms with E-state index in [0.29, 0.717) is 17.1 Å². The highest BCUT2D eigenvalue weighted by molar-refractivity contribution is 8.00. The number of nitrogens with zero attached hydrogens (tertiary/aromatic N) is 1. The average Bonchev–Trinajstić information content (AvgIpc) is 2.64. The number of ether oxygens (including phenoxy) is 2. The fourth-order valence-electron chi connectivity index (χ4n) is 2.94. The molecule has 0 radical (unpaired) electrons. The summed E-state index contributed by atoms with van der Waals surface area (Å²) in [5, 5.41) is 11.3. The first-order valence-corrected chi connectivity index (χ1v) is 8.88. The molecule has 2 amide bonds. The average molecular weight is 378 g/mol. The maximum atomic E-state index is 12.7. The van der Waals surface area contributed by atoms with E-state index in [4.69, 9.17) is 9.47 Å². The first-order valence-electron chi connectivity index (χ1n) is 7.83. The van der Waals surface area contributed by atoms with Crippen molar-refractivity contribution < 1.29 is 29.0 Å². The van der Waals surface area contributed by atoms with Crippen molar-refractivity contribution >= 4 is 29.5 Å². The molecule has 138 valence electrons. The molecule has 0 aliphatic carbocycles. The Hall–Kier alpha value is -2.52. The molecule has 2 aliphatic heterocycles. The quantitative estimate of drug-likeness (QED) is 0.557. The number of fused-ring (bicyclic) bond motifs is 1. The van der Waals surface area contributed by atoms with Gasteiger partial charge in [-0.15, -0.1) is 11.8 Å². The number of carboxylic acids is 1. The minimum Gasteiger partial charge on any atom is -0.484 e. The zero-order valence-electron chi connectivity index (χ0n) is 14.2. The van der Waals surface area contributed by atoms with Crippen LogP contribution in [0.5, 0.6) is 5.75 Å². The Kier molecular flexibility index (Phi) is 4.92. The van der Waals surface area contributed by atoms with E-state index in [2.05, 4.69) is 5.32 Å². The van der Waals surface area contributed by atoms with Crippen LogP contribution in [-0.4, -0.2) is 58.4 Å². The first-order chi connectivity index (χ1) is 12.4. The van der Waals surface area contributed by atoms with Gasteiger partial charge in [0.25, 0.3) is 17.5 Å². The number of thioether (sulfide) groups is 1. The third-order valence-electron chi connectivity index (χ3n) is 4.18. The number of hydrogen-bond donors (Lipinski definition) is 2. The smallest absolute Gasteiger partial charge is 0.352 e. The molecule has 1 aromatic carbocycles. The van der Waals surface area contributed by atoms with Gasteiger partial charge in [0.2, 0.25) is 0 Å². The van der Waals surface area contributed by atoms with Crippen molar-refractivity contribution in [2.24, 2.45) is 0 Å². The van der Waals surface area contributed by atoms with Gasteiger partial charge >= 0.3 is 5.97 Å². The minimum absolute atomic E-state index is 0.0544.